The van der Waals surface area contributed by atoms with Crippen LogP contribution in [0.1, 0.15) is 36.7 Å². The highest BCUT2D eigenvalue weighted by Gasteiger charge is 2.20. The summed E-state index contributed by atoms with van der Waals surface area (Å²) in [5.41, 5.74) is 2.20. The van der Waals surface area contributed by atoms with Gasteiger partial charge in [0.1, 0.15) is 0 Å². The Morgan fingerprint density at radius 1 is 1.29 bits per heavy atom. The van der Waals surface area contributed by atoms with Crippen LogP contribution in [0, 0.1) is 12.8 Å². The van der Waals surface area contributed by atoms with E-state index >= 15 is 0 Å². The molecular formula is C14H21NO2. The van der Waals surface area contributed by atoms with Gasteiger partial charge in [-0.2, -0.15) is 0 Å². The molecule has 3 nitrogen and oxygen atoms in total. The fraction of sp³-hybridized carbons (Fsp3) is 0.500. The van der Waals surface area contributed by atoms with Crippen LogP contribution in [-0.4, -0.2) is 24.2 Å². The van der Waals surface area contributed by atoms with E-state index in [-0.39, 0.29) is 0 Å². The predicted octanol–water partition coefficient (Wildman–Crippen LogP) is 3.17. The quantitative estimate of drug-likeness (QED) is 0.871. The topological polar surface area (TPSA) is 40.5 Å². The molecule has 0 aromatic heterocycles. The van der Waals surface area contributed by atoms with E-state index in [1.165, 1.54) is 0 Å². The first-order chi connectivity index (χ1) is 7.86. The number of aryl methyl sites for hydroxylation is 1. The molecule has 1 unspecified atom stereocenters. The number of hydrogen-bond donors (Lipinski definition) is 1. The summed E-state index contributed by atoms with van der Waals surface area (Å²) in [6.07, 6.45) is 0. The summed E-state index contributed by atoms with van der Waals surface area (Å²) < 4.78 is 0. The van der Waals surface area contributed by atoms with Gasteiger partial charge < -0.3 is 10.0 Å². The third-order valence-electron chi connectivity index (χ3n) is 3.40. The van der Waals surface area contributed by atoms with Gasteiger partial charge in [0.25, 0.3) is 0 Å². The maximum absolute atomic E-state index is 11.2. The SMILES string of the molecule is Cc1cccc(C(=O)O)c1N(C)C(C)C(C)C. The van der Waals surface area contributed by atoms with E-state index in [4.69, 9.17) is 0 Å². The fourth-order valence-corrected chi connectivity index (χ4v) is 1.95. The molecule has 0 spiro atoms. The van der Waals surface area contributed by atoms with Crippen molar-refractivity contribution in [2.24, 2.45) is 5.92 Å². The molecule has 1 rings (SSSR count). The predicted molar refractivity (Wildman–Crippen MR) is 70.8 cm³/mol. The van der Waals surface area contributed by atoms with Crippen LogP contribution in [-0.2, 0) is 0 Å². The molecule has 0 aliphatic rings. The number of anilines is 1. The van der Waals surface area contributed by atoms with Gasteiger partial charge in [0.2, 0.25) is 0 Å². The molecule has 1 aromatic rings. The number of carboxylic acids is 1. The van der Waals surface area contributed by atoms with Gasteiger partial charge >= 0.3 is 5.97 Å². The standard InChI is InChI=1S/C14H21NO2/c1-9(2)11(4)15(5)13-10(3)7-6-8-12(13)14(16)17/h6-9,11H,1-5H3,(H,16,17). The van der Waals surface area contributed by atoms with Crippen LogP contribution in [0.4, 0.5) is 5.69 Å². The normalized spacial score (nSPS) is 12.6. The maximum Gasteiger partial charge on any atom is 0.337 e. The van der Waals surface area contributed by atoms with Gasteiger partial charge in [0.15, 0.2) is 0 Å². The van der Waals surface area contributed by atoms with Crippen LogP contribution in [0.25, 0.3) is 0 Å². The molecular weight excluding hydrogens is 214 g/mol. The lowest BCUT2D eigenvalue weighted by Crippen LogP contribution is -2.34. The summed E-state index contributed by atoms with van der Waals surface area (Å²) in [4.78, 5) is 13.3. The second-order valence-corrected chi connectivity index (χ2v) is 4.87. The number of aromatic carboxylic acids is 1. The van der Waals surface area contributed by atoms with Crippen molar-refractivity contribution < 1.29 is 9.90 Å². The maximum atomic E-state index is 11.2. The summed E-state index contributed by atoms with van der Waals surface area (Å²) in [5.74, 6) is -0.396. The Hall–Kier alpha value is -1.51. The highest BCUT2D eigenvalue weighted by Crippen LogP contribution is 2.27. The van der Waals surface area contributed by atoms with Crippen molar-refractivity contribution in [3.05, 3.63) is 29.3 Å². The largest absolute Gasteiger partial charge is 0.478 e. The van der Waals surface area contributed by atoms with Gasteiger partial charge in [-0.05, 0) is 31.4 Å². The van der Waals surface area contributed by atoms with Crippen molar-refractivity contribution in [2.45, 2.75) is 33.7 Å². The molecule has 17 heavy (non-hydrogen) atoms. The molecule has 1 aromatic carbocycles. The second kappa shape index (κ2) is 5.21. The zero-order valence-electron chi connectivity index (χ0n) is 11.2. The number of para-hydroxylation sites is 1. The van der Waals surface area contributed by atoms with Crippen molar-refractivity contribution in [1.82, 2.24) is 0 Å². The number of carbonyl (C=O) groups is 1. The number of nitrogens with zero attached hydrogens (tertiary/aromatic N) is 1. The zero-order valence-corrected chi connectivity index (χ0v) is 11.2. The van der Waals surface area contributed by atoms with Crippen LogP contribution in [0.2, 0.25) is 0 Å². The van der Waals surface area contributed by atoms with Gasteiger partial charge in [-0.15, -0.1) is 0 Å². The fourth-order valence-electron chi connectivity index (χ4n) is 1.95. The minimum Gasteiger partial charge on any atom is -0.478 e. The van der Waals surface area contributed by atoms with Gasteiger partial charge in [-0.1, -0.05) is 26.0 Å². The summed E-state index contributed by atoms with van der Waals surface area (Å²) in [5, 5.41) is 9.23. The molecule has 0 radical (unpaired) electrons. The molecule has 0 bridgehead atoms. The first kappa shape index (κ1) is 13.6. The Kier molecular flexibility index (Phi) is 4.16. The van der Waals surface area contributed by atoms with Gasteiger partial charge in [-0.25, -0.2) is 4.79 Å². The van der Waals surface area contributed by atoms with Crippen molar-refractivity contribution in [3.63, 3.8) is 0 Å². The monoisotopic (exact) mass is 235 g/mol. The van der Waals surface area contributed by atoms with Gasteiger partial charge in [-0.3, -0.25) is 0 Å². The van der Waals surface area contributed by atoms with Crippen LogP contribution in [0.3, 0.4) is 0 Å². The number of benzene rings is 1. The molecule has 0 heterocycles. The highest BCUT2D eigenvalue weighted by molar-refractivity contribution is 5.95. The Balaban J connectivity index is 3.24. The zero-order chi connectivity index (χ0) is 13.2. The average molecular weight is 235 g/mol. The molecule has 1 atom stereocenters. The first-order valence-corrected chi connectivity index (χ1v) is 5.92. The lowest BCUT2D eigenvalue weighted by atomic mass is 10.0. The Labute approximate surface area is 103 Å². The molecule has 0 amide bonds. The van der Waals surface area contributed by atoms with E-state index in [0.717, 1.165) is 11.3 Å². The van der Waals surface area contributed by atoms with Crippen molar-refractivity contribution >= 4 is 11.7 Å². The third-order valence-corrected chi connectivity index (χ3v) is 3.40. The van der Waals surface area contributed by atoms with Crippen molar-refractivity contribution in [3.8, 4) is 0 Å². The van der Waals surface area contributed by atoms with E-state index < -0.39 is 5.97 Å². The first-order valence-electron chi connectivity index (χ1n) is 5.92. The van der Waals surface area contributed by atoms with Crippen molar-refractivity contribution in [2.75, 3.05) is 11.9 Å². The van der Waals surface area contributed by atoms with E-state index in [1.54, 1.807) is 12.1 Å². The molecule has 0 aliphatic heterocycles. The van der Waals surface area contributed by atoms with Crippen LogP contribution in [0.5, 0.6) is 0 Å². The van der Waals surface area contributed by atoms with Crippen LogP contribution >= 0.6 is 0 Å². The van der Waals surface area contributed by atoms with E-state index in [2.05, 4.69) is 25.7 Å². The number of hydrogen-bond acceptors (Lipinski definition) is 2. The van der Waals surface area contributed by atoms with Crippen molar-refractivity contribution in [1.29, 1.82) is 0 Å². The Morgan fingerprint density at radius 3 is 2.35 bits per heavy atom. The minimum absolute atomic E-state index is 0.300. The van der Waals surface area contributed by atoms with E-state index in [9.17, 15) is 9.90 Å². The summed E-state index contributed by atoms with van der Waals surface area (Å²) in [6.45, 7) is 8.34. The smallest absolute Gasteiger partial charge is 0.337 e. The second-order valence-electron chi connectivity index (χ2n) is 4.87. The van der Waals surface area contributed by atoms with Crippen LogP contribution < -0.4 is 4.90 Å². The average Bonchev–Trinajstić information content (AvgIpc) is 2.26. The van der Waals surface area contributed by atoms with E-state index in [0.29, 0.717) is 17.5 Å². The minimum atomic E-state index is -0.869. The number of carboxylic acid groups (broad SMARTS) is 1. The molecule has 1 N–H and O–H groups in total. The molecule has 0 saturated heterocycles. The van der Waals surface area contributed by atoms with Gasteiger partial charge in [0, 0.05) is 13.1 Å². The van der Waals surface area contributed by atoms with Crippen LogP contribution in [0.15, 0.2) is 18.2 Å². The summed E-state index contributed by atoms with van der Waals surface area (Å²) >= 11 is 0. The van der Waals surface area contributed by atoms with Gasteiger partial charge in [0.05, 0.1) is 11.3 Å². The molecule has 0 fully saturated rings. The summed E-state index contributed by atoms with van der Waals surface area (Å²) in [6, 6.07) is 5.70. The third kappa shape index (κ3) is 2.78. The molecule has 0 saturated carbocycles. The molecule has 3 heteroatoms. The van der Waals surface area contributed by atoms with E-state index in [1.807, 2.05) is 20.0 Å². The number of rotatable bonds is 4. The lowest BCUT2D eigenvalue weighted by molar-refractivity contribution is 0.0697. The molecule has 94 valence electrons. The Morgan fingerprint density at radius 2 is 1.88 bits per heavy atom. The lowest BCUT2D eigenvalue weighted by Gasteiger charge is -2.32. The molecule has 0 aliphatic carbocycles. The highest BCUT2D eigenvalue weighted by atomic mass is 16.4. The Bertz CT molecular complexity index is 413. The summed E-state index contributed by atoms with van der Waals surface area (Å²) in [7, 11) is 1.96.